The van der Waals surface area contributed by atoms with Gasteiger partial charge in [-0.3, -0.25) is 20.6 Å². The smallest absolute Gasteiger partial charge is 0.225 e. The number of nitrogens with zero attached hydrogens (tertiary/aromatic N) is 1. The van der Waals surface area contributed by atoms with E-state index in [0.29, 0.717) is 12.5 Å². The molecule has 0 bridgehead atoms. The average Bonchev–Trinajstić information content (AvgIpc) is 2.75. The van der Waals surface area contributed by atoms with E-state index in [1.165, 1.54) is 5.56 Å². The van der Waals surface area contributed by atoms with Crippen molar-refractivity contribution >= 4 is 12.2 Å². The zero-order valence-electron chi connectivity index (χ0n) is 9.02. The molecule has 1 aliphatic heterocycles. The summed E-state index contributed by atoms with van der Waals surface area (Å²) in [5.74, 6) is 0.869. The topological polar surface area (TPSA) is 53.5 Å². The Hall–Kier alpha value is -1.84. The fourth-order valence-corrected chi connectivity index (χ4v) is 1.89. The van der Waals surface area contributed by atoms with Crippen LogP contribution in [0.3, 0.4) is 0 Å². The zero-order chi connectivity index (χ0) is 11.2. The van der Waals surface area contributed by atoms with Gasteiger partial charge in [-0.15, -0.1) is 0 Å². The Bertz CT molecular complexity index is 375. The summed E-state index contributed by atoms with van der Waals surface area (Å²) < 4.78 is 0. The van der Waals surface area contributed by atoms with Gasteiger partial charge in [0.15, 0.2) is 0 Å². The Kier molecular flexibility index (Phi) is 3.53. The van der Waals surface area contributed by atoms with E-state index < -0.39 is 0 Å². The molecule has 0 aliphatic carbocycles. The Morgan fingerprint density at radius 1 is 1.38 bits per heavy atom. The van der Waals surface area contributed by atoms with E-state index in [9.17, 15) is 4.79 Å². The van der Waals surface area contributed by atoms with Crippen LogP contribution in [-0.4, -0.2) is 18.3 Å². The summed E-state index contributed by atoms with van der Waals surface area (Å²) in [4.78, 5) is 14.6. The van der Waals surface area contributed by atoms with Gasteiger partial charge in [-0.25, -0.2) is 0 Å². The fraction of sp³-hybridized carbons (Fsp3) is 0.333. The van der Waals surface area contributed by atoms with E-state index in [2.05, 4.69) is 28.0 Å². The molecule has 84 valence electrons. The van der Waals surface area contributed by atoms with Crippen molar-refractivity contribution in [1.29, 1.82) is 0 Å². The molecule has 1 unspecified atom stereocenters. The molecule has 16 heavy (non-hydrogen) atoms. The summed E-state index contributed by atoms with van der Waals surface area (Å²) in [6.45, 7) is 0. The normalized spacial score (nSPS) is 19.0. The second kappa shape index (κ2) is 5.30. The second-order valence-corrected chi connectivity index (χ2v) is 3.85. The highest BCUT2D eigenvalue weighted by atomic mass is 16.1. The number of rotatable bonds is 4. The van der Waals surface area contributed by atoms with E-state index in [-0.39, 0.29) is 0 Å². The highest BCUT2D eigenvalue weighted by Gasteiger charge is 2.17. The third-order valence-corrected chi connectivity index (χ3v) is 2.64. The minimum absolute atomic E-state index is 0.332. The van der Waals surface area contributed by atoms with Crippen LogP contribution in [0.2, 0.25) is 0 Å². The van der Waals surface area contributed by atoms with Gasteiger partial charge in [0.25, 0.3) is 0 Å². The maximum atomic E-state index is 10.1. The molecular weight excluding hydrogens is 202 g/mol. The van der Waals surface area contributed by atoms with Gasteiger partial charge < -0.3 is 0 Å². The largest absolute Gasteiger partial charge is 0.286 e. The van der Waals surface area contributed by atoms with Gasteiger partial charge in [0, 0.05) is 6.42 Å². The maximum Gasteiger partial charge on any atom is 0.225 e. The van der Waals surface area contributed by atoms with Crippen LogP contribution in [0, 0.1) is 0 Å². The van der Waals surface area contributed by atoms with E-state index in [0.717, 1.165) is 25.1 Å². The summed E-state index contributed by atoms with van der Waals surface area (Å²) in [5.41, 5.74) is 6.50. The Balaban J connectivity index is 1.88. The minimum atomic E-state index is 0.332. The number of carbonyl (C=O) groups excluding carboxylic acids is 1. The molecule has 0 saturated heterocycles. The number of amides is 1. The van der Waals surface area contributed by atoms with Gasteiger partial charge in [0.2, 0.25) is 6.41 Å². The van der Waals surface area contributed by atoms with Gasteiger partial charge >= 0.3 is 0 Å². The molecule has 1 amide bonds. The third-order valence-electron chi connectivity index (χ3n) is 2.64. The van der Waals surface area contributed by atoms with Crippen molar-refractivity contribution in [2.45, 2.75) is 25.3 Å². The van der Waals surface area contributed by atoms with Crippen LogP contribution in [-0.2, 0) is 11.2 Å². The van der Waals surface area contributed by atoms with Crippen molar-refractivity contribution in [3.05, 3.63) is 35.9 Å². The Labute approximate surface area is 94.7 Å². The molecule has 0 fully saturated rings. The fourth-order valence-electron chi connectivity index (χ4n) is 1.89. The van der Waals surface area contributed by atoms with Gasteiger partial charge in [0.1, 0.15) is 5.84 Å². The quantitative estimate of drug-likeness (QED) is 0.585. The number of hydrogen-bond acceptors (Lipinski definition) is 3. The van der Waals surface area contributed by atoms with Gasteiger partial charge in [-0.1, -0.05) is 30.3 Å². The molecule has 1 aromatic carbocycles. The van der Waals surface area contributed by atoms with E-state index in [1.54, 1.807) is 0 Å². The number of benzene rings is 1. The molecule has 0 aromatic heterocycles. The molecule has 4 nitrogen and oxygen atoms in total. The number of hydrazine groups is 1. The Morgan fingerprint density at radius 2 is 2.19 bits per heavy atom. The summed E-state index contributed by atoms with van der Waals surface area (Å²) in [7, 11) is 0. The summed E-state index contributed by atoms with van der Waals surface area (Å²) in [6.07, 6.45) is 3.52. The van der Waals surface area contributed by atoms with E-state index >= 15 is 0 Å². The molecule has 2 rings (SSSR count). The van der Waals surface area contributed by atoms with Crippen molar-refractivity contribution in [3.8, 4) is 0 Å². The third kappa shape index (κ3) is 2.82. The lowest BCUT2D eigenvalue weighted by Crippen LogP contribution is -2.35. The monoisotopic (exact) mass is 217 g/mol. The van der Waals surface area contributed by atoms with Crippen molar-refractivity contribution < 1.29 is 4.79 Å². The Morgan fingerprint density at radius 3 is 2.94 bits per heavy atom. The van der Waals surface area contributed by atoms with Gasteiger partial charge in [-0.2, -0.15) is 0 Å². The van der Waals surface area contributed by atoms with Crippen LogP contribution < -0.4 is 10.9 Å². The average molecular weight is 217 g/mol. The van der Waals surface area contributed by atoms with Crippen LogP contribution in [0.4, 0.5) is 0 Å². The molecule has 0 saturated carbocycles. The predicted molar refractivity (Wildman–Crippen MR) is 62.9 cm³/mol. The van der Waals surface area contributed by atoms with Crippen LogP contribution in [0.15, 0.2) is 35.3 Å². The first kappa shape index (κ1) is 10.7. The van der Waals surface area contributed by atoms with E-state index in [4.69, 9.17) is 0 Å². The number of hydrogen-bond donors (Lipinski definition) is 2. The number of nitrogens with one attached hydrogen (secondary N) is 2. The van der Waals surface area contributed by atoms with Crippen LogP contribution in [0.5, 0.6) is 0 Å². The summed E-state index contributed by atoms with van der Waals surface area (Å²) in [5, 5.41) is 0. The standard InChI is InChI=1S/C12H15N3O/c16-9-13-15-12-7-6-11(14-12)8-10-4-2-1-3-5-10/h1-5,9,11H,6-8H2,(H,13,16)(H,14,15). The highest BCUT2D eigenvalue weighted by molar-refractivity contribution is 5.84. The lowest BCUT2D eigenvalue weighted by Gasteiger charge is -2.05. The molecule has 1 aliphatic rings. The van der Waals surface area contributed by atoms with Crippen molar-refractivity contribution in [2.75, 3.05) is 0 Å². The molecule has 1 atom stereocenters. The predicted octanol–water partition coefficient (Wildman–Crippen LogP) is 1.04. The molecule has 0 spiro atoms. The van der Waals surface area contributed by atoms with Crippen LogP contribution >= 0.6 is 0 Å². The summed E-state index contributed by atoms with van der Waals surface area (Å²) in [6, 6.07) is 10.7. The molecular formula is C12H15N3O. The van der Waals surface area contributed by atoms with Crippen molar-refractivity contribution in [1.82, 2.24) is 10.9 Å². The van der Waals surface area contributed by atoms with Crippen LogP contribution in [0.25, 0.3) is 0 Å². The zero-order valence-corrected chi connectivity index (χ0v) is 9.02. The first-order valence-corrected chi connectivity index (χ1v) is 5.44. The molecule has 4 heteroatoms. The lowest BCUT2D eigenvalue weighted by atomic mass is 10.0. The number of carbonyl (C=O) groups is 1. The maximum absolute atomic E-state index is 10.1. The van der Waals surface area contributed by atoms with Crippen molar-refractivity contribution in [3.63, 3.8) is 0 Å². The highest BCUT2D eigenvalue weighted by Crippen LogP contribution is 2.16. The SMILES string of the molecule is O=CNNC1=NC(Cc2ccccc2)CC1. The number of aliphatic imine (C=N–C) groups is 1. The molecule has 1 aromatic rings. The lowest BCUT2D eigenvalue weighted by molar-refractivity contribution is -0.110. The summed E-state index contributed by atoms with van der Waals surface area (Å²) >= 11 is 0. The molecule has 1 heterocycles. The minimum Gasteiger partial charge on any atom is -0.286 e. The van der Waals surface area contributed by atoms with Gasteiger partial charge in [0.05, 0.1) is 6.04 Å². The first-order chi connectivity index (χ1) is 7.88. The molecule has 0 radical (unpaired) electrons. The van der Waals surface area contributed by atoms with E-state index in [1.807, 2.05) is 18.2 Å². The van der Waals surface area contributed by atoms with Gasteiger partial charge in [-0.05, 0) is 18.4 Å². The second-order valence-electron chi connectivity index (χ2n) is 3.85. The number of amidine groups is 1. The first-order valence-electron chi connectivity index (χ1n) is 5.44. The van der Waals surface area contributed by atoms with Crippen LogP contribution in [0.1, 0.15) is 18.4 Å². The molecule has 2 N–H and O–H groups in total. The van der Waals surface area contributed by atoms with Crippen molar-refractivity contribution in [2.24, 2.45) is 4.99 Å².